The topological polar surface area (TPSA) is 194 Å². The second kappa shape index (κ2) is 18.5. The number of carbonyl (C=O) groups excluding carboxylic acids is 5. The van der Waals surface area contributed by atoms with E-state index in [0.717, 1.165) is 82.9 Å². The number of ether oxygens (including phenoxy) is 4. The molecule has 3 fully saturated rings. The first kappa shape index (κ1) is 45.6. The number of H-pyrrole nitrogens is 1. The second-order valence-corrected chi connectivity index (χ2v) is 18.4. The van der Waals surface area contributed by atoms with Crippen molar-refractivity contribution in [3.63, 3.8) is 0 Å². The first-order valence-corrected chi connectivity index (χ1v) is 22.7. The minimum absolute atomic E-state index is 0.105. The van der Waals surface area contributed by atoms with Gasteiger partial charge in [0, 0.05) is 37.9 Å². The maximum absolute atomic E-state index is 14.3. The van der Waals surface area contributed by atoms with Crippen LogP contribution in [0.1, 0.15) is 95.6 Å². The third-order valence-electron chi connectivity index (χ3n) is 14.4. The number of hydrogen-bond acceptors (Lipinski definition) is 10. The first-order valence-electron chi connectivity index (χ1n) is 22.7. The lowest BCUT2D eigenvalue weighted by molar-refractivity contribution is -0.143. The molecule has 65 heavy (non-hydrogen) atoms. The Bertz CT molecular complexity index is 2490. The molecule has 1 unspecified atom stereocenters. The number of anilines is 1. The van der Waals surface area contributed by atoms with Crippen LogP contribution in [0.25, 0.3) is 33.3 Å². The monoisotopic (exact) mass is 891 g/mol. The standard InChI is InChI=1S/C49H61N7O9/c1-26(62-5)41(53-47(60)64-7)45(58)55-21-11-14-39(55)43-51-36-20-16-29(23-37(36)52-43)28-15-18-32-33-19-17-31(25-35(33)49(3,4)34(32)22-28)50-44(57)40-24-30-12-9-10-13-38(30)56(40)46(59)42(27(2)63-6)54-48(61)65-8/h15-20,22-23,25-27,30,38-42H,9-14,21,24H2,1-8H3,(H,50,57)(H,51,52)(H,53,60)(H,54,61)/t26-,27-,30+,38+,39+,40+,41+,42?/m1/s1. The molecule has 16 nitrogen and oxygen atoms in total. The number of aromatic amines is 1. The van der Waals surface area contributed by atoms with Gasteiger partial charge in [-0.25, -0.2) is 14.6 Å². The summed E-state index contributed by atoms with van der Waals surface area (Å²) in [5.74, 6) is 0.0119. The van der Waals surface area contributed by atoms with E-state index in [9.17, 15) is 24.0 Å². The van der Waals surface area contributed by atoms with Crippen LogP contribution in [0.15, 0.2) is 54.6 Å². The number of nitrogens with one attached hydrogen (secondary N) is 4. The summed E-state index contributed by atoms with van der Waals surface area (Å²) in [6.07, 6.45) is 3.15. The third-order valence-corrected chi connectivity index (χ3v) is 14.4. The normalized spacial score (nSPS) is 22.5. The van der Waals surface area contributed by atoms with Crippen molar-refractivity contribution >= 4 is 46.6 Å². The molecule has 3 heterocycles. The van der Waals surface area contributed by atoms with Crippen molar-refractivity contribution in [1.29, 1.82) is 0 Å². The number of nitrogens with zero attached hydrogens (tertiary/aromatic N) is 3. The number of rotatable bonds is 12. The van der Waals surface area contributed by atoms with Crippen molar-refractivity contribution in [2.24, 2.45) is 5.92 Å². The largest absolute Gasteiger partial charge is 0.453 e. The SMILES string of the molecule is COC(=O)NC(C(=O)N1[C@H](C(=O)Nc2ccc3c(c2)C(C)(C)c2cc(-c4ccc5nc([C@@H]6CCCN6C(=O)[C@@H](NC(=O)OC)[C@@H](C)OC)[nH]c5c4)ccc2-3)C[C@@H]2CCCC[C@@H]21)[C@@H](C)OC. The molecular weight excluding hydrogens is 831 g/mol. The third kappa shape index (κ3) is 8.53. The van der Waals surface area contributed by atoms with Crippen molar-refractivity contribution in [2.75, 3.05) is 40.3 Å². The van der Waals surface area contributed by atoms with Gasteiger partial charge in [0.1, 0.15) is 23.9 Å². The fourth-order valence-electron chi connectivity index (χ4n) is 10.7. The molecule has 0 spiro atoms. The van der Waals surface area contributed by atoms with E-state index in [1.807, 2.05) is 12.1 Å². The van der Waals surface area contributed by atoms with Gasteiger partial charge in [-0.1, -0.05) is 51.0 Å². The Hall–Kier alpha value is -6.00. The van der Waals surface area contributed by atoms with Crippen molar-refractivity contribution < 1.29 is 42.9 Å². The average molecular weight is 892 g/mol. The molecule has 16 heteroatoms. The van der Waals surface area contributed by atoms with Crippen molar-refractivity contribution in [1.82, 2.24) is 30.4 Å². The van der Waals surface area contributed by atoms with Crippen LogP contribution in [-0.2, 0) is 38.7 Å². The van der Waals surface area contributed by atoms with E-state index >= 15 is 0 Å². The molecule has 8 atom stereocenters. The Morgan fingerprint density at radius 2 is 1.37 bits per heavy atom. The lowest BCUT2D eigenvalue weighted by atomic mass is 9.81. The van der Waals surface area contributed by atoms with Crippen LogP contribution in [0.2, 0.25) is 0 Å². The number of likely N-dealkylation sites (tertiary alicyclic amines) is 2. The molecule has 0 radical (unpaired) electrons. The zero-order valence-electron chi connectivity index (χ0n) is 38.5. The number of fused-ring (bicyclic) bond motifs is 5. The minimum Gasteiger partial charge on any atom is -0.453 e. The van der Waals surface area contributed by atoms with Gasteiger partial charge in [0.05, 0.1) is 43.5 Å². The van der Waals surface area contributed by atoms with Crippen LogP contribution in [0.4, 0.5) is 15.3 Å². The molecule has 346 valence electrons. The summed E-state index contributed by atoms with van der Waals surface area (Å²) in [6, 6.07) is 15.6. The maximum Gasteiger partial charge on any atom is 0.407 e. The van der Waals surface area contributed by atoms with Gasteiger partial charge in [-0.15, -0.1) is 0 Å². The van der Waals surface area contributed by atoms with Gasteiger partial charge in [0.2, 0.25) is 17.7 Å². The molecule has 4 aliphatic rings. The van der Waals surface area contributed by atoms with Crippen LogP contribution in [0.3, 0.4) is 0 Å². The van der Waals surface area contributed by atoms with Gasteiger partial charge in [-0.05, 0) is 116 Å². The first-order chi connectivity index (χ1) is 31.2. The summed E-state index contributed by atoms with van der Waals surface area (Å²) in [5.41, 5.74) is 8.38. The number of alkyl carbamates (subject to hydrolysis) is 2. The van der Waals surface area contributed by atoms with E-state index in [1.165, 1.54) is 28.4 Å². The molecule has 2 aliphatic carbocycles. The lowest BCUT2D eigenvalue weighted by Gasteiger charge is -2.37. The van der Waals surface area contributed by atoms with Crippen molar-refractivity contribution in [3.8, 4) is 22.3 Å². The van der Waals surface area contributed by atoms with Gasteiger partial charge in [-0.2, -0.15) is 0 Å². The molecule has 4 N–H and O–H groups in total. The van der Waals surface area contributed by atoms with E-state index < -0.39 is 47.9 Å². The fraction of sp³-hybridized carbons (Fsp3) is 0.510. The van der Waals surface area contributed by atoms with E-state index in [2.05, 4.69) is 77.2 Å². The van der Waals surface area contributed by atoms with Crippen molar-refractivity contribution in [3.05, 3.63) is 71.5 Å². The van der Waals surface area contributed by atoms with E-state index in [4.69, 9.17) is 23.9 Å². The number of hydrogen-bond donors (Lipinski definition) is 4. The number of benzene rings is 3. The maximum atomic E-state index is 14.3. The van der Waals surface area contributed by atoms with Gasteiger partial charge < -0.3 is 49.7 Å². The van der Waals surface area contributed by atoms with E-state index in [0.29, 0.717) is 24.5 Å². The number of aromatic nitrogens is 2. The Morgan fingerprint density at radius 1 is 0.754 bits per heavy atom. The highest BCUT2D eigenvalue weighted by molar-refractivity contribution is 6.00. The number of methoxy groups -OCH3 is 4. The van der Waals surface area contributed by atoms with Gasteiger partial charge >= 0.3 is 12.2 Å². The smallest absolute Gasteiger partial charge is 0.407 e. The average Bonchev–Trinajstić information content (AvgIpc) is 4.11. The summed E-state index contributed by atoms with van der Waals surface area (Å²) < 4.78 is 20.6. The van der Waals surface area contributed by atoms with Gasteiger partial charge in [0.15, 0.2) is 0 Å². The van der Waals surface area contributed by atoms with Crippen LogP contribution in [0.5, 0.6) is 0 Å². The van der Waals surface area contributed by atoms with Crippen LogP contribution >= 0.6 is 0 Å². The molecule has 1 saturated carbocycles. The highest BCUT2D eigenvalue weighted by Gasteiger charge is 2.50. The van der Waals surface area contributed by atoms with Crippen molar-refractivity contribution in [2.45, 2.75) is 120 Å². The molecule has 4 aromatic rings. The number of amides is 5. The predicted octanol–water partition coefficient (Wildman–Crippen LogP) is 6.82. The van der Waals surface area contributed by atoms with Crippen LogP contribution in [-0.4, -0.2) is 121 Å². The number of imidazole rings is 1. The fourth-order valence-corrected chi connectivity index (χ4v) is 10.7. The molecule has 0 bridgehead atoms. The van der Waals surface area contributed by atoms with Gasteiger partial charge in [0.25, 0.3) is 0 Å². The molecule has 2 aliphatic heterocycles. The Kier molecular flexibility index (Phi) is 12.9. The Balaban J connectivity index is 1.01. The molecule has 3 aromatic carbocycles. The molecule has 5 amide bonds. The number of carbonyl (C=O) groups is 5. The zero-order valence-corrected chi connectivity index (χ0v) is 38.5. The van der Waals surface area contributed by atoms with Gasteiger partial charge in [-0.3, -0.25) is 14.4 Å². The van der Waals surface area contributed by atoms with E-state index in [1.54, 1.807) is 23.6 Å². The Labute approximate surface area is 379 Å². The summed E-state index contributed by atoms with van der Waals surface area (Å²) in [6.45, 7) is 8.36. The quantitative estimate of drug-likeness (QED) is 0.117. The highest BCUT2D eigenvalue weighted by Crippen LogP contribution is 2.51. The zero-order chi connectivity index (χ0) is 46.3. The molecule has 1 aromatic heterocycles. The lowest BCUT2D eigenvalue weighted by Crippen LogP contribution is -2.58. The second-order valence-electron chi connectivity index (χ2n) is 18.4. The molecular formula is C49H61N7O9. The van der Waals surface area contributed by atoms with E-state index in [-0.39, 0.29) is 35.7 Å². The summed E-state index contributed by atoms with van der Waals surface area (Å²) in [4.78, 5) is 78.8. The summed E-state index contributed by atoms with van der Waals surface area (Å²) >= 11 is 0. The molecule has 8 rings (SSSR count). The summed E-state index contributed by atoms with van der Waals surface area (Å²) in [5, 5.41) is 8.48. The minimum atomic E-state index is -1.02. The summed E-state index contributed by atoms with van der Waals surface area (Å²) in [7, 11) is 5.49. The Morgan fingerprint density at radius 3 is 2.05 bits per heavy atom. The van der Waals surface area contributed by atoms with Crippen LogP contribution < -0.4 is 16.0 Å². The van der Waals surface area contributed by atoms with Crippen LogP contribution in [0, 0.1) is 5.92 Å². The molecule has 2 saturated heterocycles. The predicted molar refractivity (Wildman–Crippen MR) is 244 cm³/mol. The highest BCUT2D eigenvalue weighted by atomic mass is 16.5.